The van der Waals surface area contributed by atoms with Gasteiger partial charge < -0.3 is 5.32 Å². The second-order valence-electron chi connectivity index (χ2n) is 6.50. The summed E-state index contributed by atoms with van der Waals surface area (Å²) >= 11 is 0. The summed E-state index contributed by atoms with van der Waals surface area (Å²) in [6, 6.07) is 10.4. The summed E-state index contributed by atoms with van der Waals surface area (Å²) in [5.74, 6) is 1.70. The molecule has 0 aliphatic heterocycles. The molecule has 0 aliphatic carbocycles. The molecule has 112 valence electrons. The molecule has 0 amide bonds. The number of hydrogen-bond acceptors (Lipinski definition) is 3. The number of aromatic nitrogens is 2. The van der Waals surface area contributed by atoms with E-state index in [1.54, 1.807) is 0 Å². The zero-order valence-corrected chi connectivity index (χ0v) is 13.7. The van der Waals surface area contributed by atoms with E-state index in [2.05, 4.69) is 75.3 Å². The van der Waals surface area contributed by atoms with Gasteiger partial charge in [0.25, 0.3) is 0 Å². The van der Waals surface area contributed by atoms with Crippen molar-refractivity contribution >= 4 is 5.82 Å². The van der Waals surface area contributed by atoms with Gasteiger partial charge in [0, 0.05) is 23.6 Å². The van der Waals surface area contributed by atoms with E-state index in [-0.39, 0.29) is 5.41 Å². The van der Waals surface area contributed by atoms with Gasteiger partial charge in [-0.3, -0.25) is 0 Å². The first-order valence-electron chi connectivity index (χ1n) is 7.60. The molecule has 0 unspecified atom stereocenters. The standard InChI is InChI=1S/C18H25N3/c1-6-11-19-16-12-15(18(3,4)5)20-17(21-16)14-9-7-13(2)8-10-14/h7-10,12H,6,11H2,1-5H3,(H,19,20,21). The molecule has 2 aromatic rings. The van der Waals surface area contributed by atoms with Crippen LogP contribution in [0.25, 0.3) is 11.4 Å². The third kappa shape index (κ3) is 4.03. The molecule has 0 radical (unpaired) electrons. The largest absolute Gasteiger partial charge is 0.370 e. The van der Waals surface area contributed by atoms with Crippen LogP contribution in [0.15, 0.2) is 30.3 Å². The van der Waals surface area contributed by atoms with Crippen LogP contribution in [0.1, 0.15) is 45.4 Å². The molecule has 21 heavy (non-hydrogen) atoms. The Bertz CT molecular complexity index is 595. The van der Waals surface area contributed by atoms with E-state index >= 15 is 0 Å². The predicted octanol–water partition coefficient (Wildman–Crippen LogP) is 4.57. The molecule has 0 fully saturated rings. The minimum atomic E-state index is 0.00499. The van der Waals surface area contributed by atoms with E-state index in [0.717, 1.165) is 35.9 Å². The lowest BCUT2D eigenvalue weighted by atomic mass is 9.91. The van der Waals surface area contributed by atoms with Crippen LogP contribution in [0, 0.1) is 6.92 Å². The van der Waals surface area contributed by atoms with Crippen molar-refractivity contribution in [2.24, 2.45) is 0 Å². The Balaban J connectivity index is 2.46. The summed E-state index contributed by atoms with van der Waals surface area (Å²) < 4.78 is 0. The van der Waals surface area contributed by atoms with Gasteiger partial charge in [-0.1, -0.05) is 57.5 Å². The number of anilines is 1. The summed E-state index contributed by atoms with van der Waals surface area (Å²) in [5, 5.41) is 3.38. The minimum absolute atomic E-state index is 0.00499. The summed E-state index contributed by atoms with van der Waals surface area (Å²) in [6.07, 6.45) is 1.08. The molecule has 0 bridgehead atoms. The number of nitrogens with zero attached hydrogens (tertiary/aromatic N) is 2. The SMILES string of the molecule is CCCNc1cc(C(C)(C)C)nc(-c2ccc(C)cc2)n1. The summed E-state index contributed by atoms with van der Waals surface area (Å²) in [4.78, 5) is 9.42. The first kappa shape index (κ1) is 15.5. The molecule has 1 aromatic heterocycles. The molecule has 0 saturated carbocycles. The van der Waals surface area contributed by atoms with Gasteiger partial charge >= 0.3 is 0 Å². The Morgan fingerprint density at radius 1 is 1.05 bits per heavy atom. The summed E-state index contributed by atoms with van der Waals surface area (Å²) in [6.45, 7) is 11.7. The summed E-state index contributed by atoms with van der Waals surface area (Å²) in [5.41, 5.74) is 3.37. The van der Waals surface area contributed by atoms with Gasteiger partial charge in [-0.2, -0.15) is 0 Å². The highest BCUT2D eigenvalue weighted by atomic mass is 15.0. The molecule has 1 N–H and O–H groups in total. The second-order valence-corrected chi connectivity index (χ2v) is 6.50. The highest BCUT2D eigenvalue weighted by Crippen LogP contribution is 2.26. The van der Waals surface area contributed by atoms with Gasteiger partial charge in [-0.15, -0.1) is 0 Å². The molecule has 0 saturated heterocycles. The number of aryl methyl sites for hydroxylation is 1. The smallest absolute Gasteiger partial charge is 0.161 e. The van der Waals surface area contributed by atoms with Crippen LogP contribution in [-0.2, 0) is 5.41 Å². The quantitative estimate of drug-likeness (QED) is 0.893. The molecule has 3 heteroatoms. The van der Waals surface area contributed by atoms with Gasteiger partial charge in [0.1, 0.15) is 5.82 Å². The molecule has 0 aliphatic rings. The van der Waals surface area contributed by atoms with Crippen LogP contribution in [0.2, 0.25) is 0 Å². The van der Waals surface area contributed by atoms with Crippen molar-refractivity contribution in [3.8, 4) is 11.4 Å². The fourth-order valence-electron chi connectivity index (χ4n) is 2.01. The molecular weight excluding hydrogens is 258 g/mol. The van der Waals surface area contributed by atoms with Crippen LogP contribution >= 0.6 is 0 Å². The second kappa shape index (κ2) is 6.25. The fourth-order valence-corrected chi connectivity index (χ4v) is 2.01. The topological polar surface area (TPSA) is 37.8 Å². The number of nitrogens with one attached hydrogen (secondary N) is 1. The van der Waals surface area contributed by atoms with Gasteiger partial charge in [-0.25, -0.2) is 9.97 Å². The molecular formula is C18H25N3. The normalized spacial score (nSPS) is 11.5. The lowest BCUT2D eigenvalue weighted by molar-refractivity contribution is 0.568. The van der Waals surface area contributed by atoms with Gasteiger partial charge in [-0.05, 0) is 13.3 Å². The first-order valence-corrected chi connectivity index (χ1v) is 7.60. The van der Waals surface area contributed by atoms with E-state index in [4.69, 9.17) is 4.98 Å². The molecule has 2 rings (SSSR count). The van der Waals surface area contributed by atoms with Crippen molar-refractivity contribution in [2.75, 3.05) is 11.9 Å². The third-order valence-electron chi connectivity index (χ3n) is 3.36. The Morgan fingerprint density at radius 2 is 1.71 bits per heavy atom. The number of rotatable bonds is 4. The van der Waals surface area contributed by atoms with E-state index in [0.29, 0.717) is 0 Å². The van der Waals surface area contributed by atoms with Gasteiger partial charge in [0.15, 0.2) is 5.82 Å². The minimum Gasteiger partial charge on any atom is -0.370 e. The Kier molecular flexibility index (Phi) is 4.61. The van der Waals surface area contributed by atoms with Crippen molar-refractivity contribution in [2.45, 2.75) is 46.5 Å². The van der Waals surface area contributed by atoms with Crippen LogP contribution in [0.3, 0.4) is 0 Å². The predicted molar refractivity (Wildman–Crippen MR) is 89.7 cm³/mol. The Morgan fingerprint density at radius 3 is 2.29 bits per heavy atom. The van der Waals surface area contributed by atoms with Crippen LogP contribution in [0.4, 0.5) is 5.82 Å². The van der Waals surface area contributed by atoms with E-state index in [1.165, 1.54) is 5.56 Å². The van der Waals surface area contributed by atoms with E-state index in [9.17, 15) is 0 Å². The maximum absolute atomic E-state index is 4.76. The van der Waals surface area contributed by atoms with Gasteiger partial charge in [0.2, 0.25) is 0 Å². The molecule has 0 spiro atoms. The highest BCUT2D eigenvalue weighted by Gasteiger charge is 2.18. The van der Waals surface area contributed by atoms with Crippen LogP contribution < -0.4 is 5.32 Å². The average molecular weight is 283 g/mol. The molecule has 0 atom stereocenters. The van der Waals surface area contributed by atoms with Crippen molar-refractivity contribution in [1.29, 1.82) is 0 Å². The van der Waals surface area contributed by atoms with E-state index in [1.807, 2.05) is 0 Å². The average Bonchev–Trinajstić information content (AvgIpc) is 2.44. The zero-order chi connectivity index (χ0) is 15.5. The lowest BCUT2D eigenvalue weighted by Gasteiger charge is -2.20. The van der Waals surface area contributed by atoms with Crippen LogP contribution in [-0.4, -0.2) is 16.5 Å². The Hall–Kier alpha value is -1.90. The fraction of sp³-hybridized carbons (Fsp3) is 0.444. The monoisotopic (exact) mass is 283 g/mol. The summed E-state index contributed by atoms with van der Waals surface area (Å²) in [7, 11) is 0. The van der Waals surface area contributed by atoms with E-state index < -0.39 is 0 Å². The Labute approximate surface area is 127 Å². The molecule has 3 nitrogen and oxygen atoms in total. The molecule has 1 aromatic carbocycles. The maximum atomic E-state index is 4.76. The van der Waals surface area contributed by atoms with Crippen LogP contribution in [0.5, 0.6) is 0 Å². The zero-order valence-electron chi connectivity index (χ0n) is 13.7. The van der Waals surface area contributed by atoms with Crippen molar-refractivity contribution in [3.63, 3.8) is 0 Å². The molecule has 1 heterocycles. The number of benzene rings is 1. The van der Waals surface area contributed by atoms with Crippen molar-refractivity contribution in [3.05, 3.63) is 41.6 Å². The van der Waals surface area contributed by atoms with Gasteiger partial charge in [0.05, 0.1) is 5.69 Å². The third-order valence-corrected chi connectivity index (χ3v) is 3.36. The highest BCUT2D eigenvalue weighted by molar-refractivity contribution is 5.58. The maximum Gasteiger partial charge on any atom is 0.161 e. The first-order chi connectivity index (χ1) is 9.90. The van der Waals surface area contributed by atoms with Crippen molar-refractivity contribution < 1.29 is 0 Å². The lowest BCUT2D eigenvalue weighted by Crippen LogP contribution is -2.16. The number of hydrogen-bond donors (Lipinski definition) is 1. The van der Waals surface area contributed by atoms with Crippen molar-refractivity contribution in [1.82, 2.24) is 9.97 Å².